The van der Waals surface area contributed by atoms with E-state index in [0.29, 0.717) is 5.56 Å². The first kappa shape index (κ1) is 12.7. The van der Waals surface area contributed by atoms with Crippen LogP contribution in [0.25, 0.3) is 5.69 Å². The molecule has 5 nitrogen and oxygen atoms in total. The molecule has 0 fully saturated rings. The fourth-order valence-corrected chi connectivity index (χ4v) is 2.02. The second-order valence-corrected chi connectivity index (χ2v) is 5.90. The number of nitrogens with two attached hydrogens (primary N) is 1. The van der Waals surface area contributed by atoms with Crippen LogP contribution in [0.2, 0.25) is 0 Å². The molecule has 0 saturated heterocycles. The zero-order valence-electron chi connectivity index (χ0n) is 9.67. The Hall–Kier alpha value is -1.73. The van der Waals surface area contributed by atoms with Gasteiger partial charge in [-0.2, -0.15) is 5.10 Å². The maximum Gasteiger partial charge on any atom is 0.178 e. The summed E-state index contributed by atoms with van der Waals surface area (Å²) in [6.45, 7) is 0.241. The molecular weight excluding hydrogens is 257 g/mol. The van der Waals surface area contributed by atoms with Crippen LogP contribution in [0.5, 0.6) is 0 Å². The van der Waals surface area contributed by atoms with E-state index in [4.69, 9.17) is 5.73 Å². The van der Waals surface area contributed by atoms with Gasteiger partial charge in [0.05, 0.1) is 6.20 Å². The minimum Gasteiger partial charge on any atom is -0.326 e. The minimum atomic E-state index is -3.34. The fourth-order valence-electron chi connectivity index (χ4n) is 1.49. The maximum atomic E-state index is 13.8. The summed E-state index contributed by atoms with van der Waals surface area (Å²) in [5, 5.41) is 3.84. The third kappa shape index (κ3) is 2.41. The summed E-state index contributed by atoms with van der Waals surface area (Å²) in [5.41, 5.74) is 6.24. The van der Waals surface area contributed by atoms with E-state index in [9.17, 15) is 12.8 Å². The van der Waals surface area contributed by atoms with Gasteiger partial charge in [0.25, 0.3) is 0 Å². The molecule has 1 aromatic heterocycles. The summed E-state index contributed by atoms with van der Waals surface area (Å²) >= 11 is 0. The van der Waals surface area contributed by atoms with Crippen molar-refractivity contribution < 1.29 is 12.8 Å². The number of halogens is 1. The molecule has 0 spiro atoms. The average Bonchev–Trinajstić information content (AvgIpc) is 2.77. The Morgan fingerprint density at radius 3 is 2.67 bits per heavy atom. The average molecular weight is 269 g/mol. The molecule has 0 bridgehead atoms. The quantitative estimate of drug-likeness (QED) is 0.897. The molecule has 0 aliphatic carbocycles. The Morgan fingerprint density at radius 2 is 2.17 bits per heavy atom. The van der Waals surface area contributed by atoms with E-state index in [-0.39, 0.29) is 17.1 Å². The van der Waals surface area contributed by atoms with Crippen molar-refractivity contribution >= 4 is 9.84 Å². The van der Waals surface area contributed by atoms with Crippen molar-refractivity contribution in [3.05, 3.63) is 42.0 Å². The highest BCUT2D eigenvalue weighted by Gasteiger charge is 2.12. The topological polar surface area (TPSA) is 78.0 Å². The number of hydrogen-bond donors (Lipinski definition) is 1. The number of sulfone groups is 1. The van der Waals surface area contributed by atoms with Gasteiger partial charge < -0.3 is 5.73 Å². The van der Waals surface area contributed by atoms with Crippen LogP contribution >= 0.6 is 0 Å². The molecule has 7 heteroatoms. The number of hydrogen-bond acceptors (Lipinski definition) is 4. The van der Waals surface area contributed by atoms with Gasteiger partial charge in [0.2, 0.25) is 0 Å². The van der Waals surface area contributed by atoms with Crippen LogP contribution in [0.3, 0.4) is 0 Å². The molecule has 0 aliphatic heterocycles. The number of rotatable bonds is 3. The molecule has 2 aromatic rings. The second kappa shape index (κ2) is 4.51. The van der Waals surface area contributed by atoms with Crippen molar-refractivity contribution in [3.8, 4) is 5.69 Å². The highest BCUT2D eigenvalue weighted by atomic mass is 32.2. The number of nitrogens with zero attached hydrogens (tertiary/aromatic N) is 2. The molecule has 0 radical (unpaired) electrons. The van der Waals surface area contributed by atoms with Crippen LogP contribution in [0.1, 0.15) is 5.56 Å². The van der Waals surface area contributed by atoms with Crippen LogP contribution in [0, 0.1) is 5.82 Å². The van der Waals surface area contributed by atoms with E-state index in [1.54, 1.807) is 6.07 Å². The molecule has 0 unspecified atom stereocenters. The molecular formula is C11H12FN3O2S. The molecule has 18 heavy (non-hydrogen) atoms. The maximum absolute atomic E-state index is 13.8. The summed E-state index contributed by atoms with van der Waals surface area (Å²) in [4.78, 5) is 0.0461. The Labute approximate surface area is 104 Å². The highest BCUT2D eigenvalue weighted by Crippen LogP contribution is 2.16. The lowest BCUT2D eigenvalue weighted by molar-refractivity contribution is 0.600. The first-order chi connectivity index (χ1) is 8.41. The van der Waals surface area contributed by atoms with Crippen molar-refractivity contribution in [1.82, 2.24) is 9.78 Å². The molecule has 0 saturated carbocycles. The first-order valence-electron chi connectivity index (χ1n) is 5.15. The lowest BCUT2D eigenvalue weighted by Crippen LogP contribution is -2.02. The largest absolute Gasteiger partial charge is 0.326 e. The molecule has 0 amide bonds. The van der Waals surface area contributed by atoms with Crippen LogP contribution in [-0.2, 0) is 16.4 Å². The van der Waals surface area contributed by atoms with Crippen LogP contribution in [0.15, 0.2) is 35.5 Å². The van der Waals surface area contributed by atoms with Gasteiger partial charge in [-0.1, -0.05) is 6.07 Å². The second-order valence-electron chi connectivity index (χ2n) is 3.88. The zero-order valence-corrected chi connectivity index (χ0v) is 10.5. The van der Waals surface area contributed by atoms with Crippen molar-refractivity contribution in [2.24, 2.45) is 5.73 Å². The van der Waals surface area contributed by atoms with Gasteiger partial charge in [-0.25, -0.2) is 17.5 Å². The van der Waals surface area contributed by atoms with Gasteiger partial charge in [-0.05, 0) is 17.7 Å². The number of aromatic nitrogens is 2. The van der Waals surface area contributed by atoms with E-state index in [1.165, 1.54) is 29.2 Å². The monoisotopic (exact) mass is 269 g/mol. The summed E-state index contributed by atoms with van der Waals surface area (Å²) in [6.07, 6.45) is 3.53. The van der Waals surface area contributed by atoms with Gasteiger partial charge in [0.15, 0.2) is 9.84 Å². The van der Waals surface area contributed by atoms with E-state index in [1.807, 2.05) is 0 Å². The Bertz CT molecular complexity index is 679. The SMILES string of the molecule is CS(=O)(=O)c1cnn(-c2ccc(CN)cc2F)c1. The lowest BCUT2D eigenvalue weighted by Gasteiger charge is -2.04. The summed E-state index contributed by atoms with van der Waals surface area (Å²) in [6, 6.07) is 4.48. The molecule has 0 aliphatic rings. The standard InChI is InChI=1S/C11H12FN3O2S/c1-18(16,17)9-6-14-15(7-9)11-3-2-8(5-13)4-10(11)12/h2-4,6-7H,5,13H2,1H3. The van der Waals surface area contributed by atoms with E-state index < -0.39 is 15.7 Å². The van der Waals surface area contributed by atoms with Crippen molar-refractivity contribution in [2.45, 2.75) is 11.4 Å². The van der Waals surface area contributed by atoms with Gasteiger partial charge >= 0.3 is 0 Å². The Morgan fingerprint density at radius 1 is 1.44 bits per heavy atom. The molecule has 1 heterocycles. The summed E-state index contributed by atoms with van der Waals surface area (Å²) in [5.74, 6) is -0.499. The normalized spacial score (nSPS) is 11.7. The predicted octanol–water partition coefficient (Wildman–Crippen LogP) is 0.874. The predicted molar refractivity (Wildman–Crippen MR) is 64.5 cm³/mol. The highest BCUT2D eigenvalue weighted by molar-refractivity contribution is 7.90. The van der Waals surface area contributed by atoms with Crippen LogP contribution in [0.4, 0.5) is 4.39 Å². The zero-order chi connectivity index (χ0) is 13.3. The third-order valence-electron chi connectivity index (χ3n) is 2.48. The van der Waals surface area contributed by atoms with Crippen molar-refractivity contribution in [2.75, 3.05) is 6.26 Å². The fraction of sp³-hybridized carbons (Fsp3) is 0.182. The summed E-state index contributed by atoms with van der Waals surface area (Å²) in [7, 11) is -3.34. The van der Waals surface area contributed by atoms with Gasteiger partial charge in [0, 0.05) is 19.0 Å². The molecule has 2 N–H and O–H groups in total. The molecule has 0 atom stereocenters. The third-order valence-corrected chi connectivity index (χ3v) is 3.55. The van der Waals surface area contributed by atoms with E-state index >= 15 is 0 Å². The summed E-state index contributed by atoms with van der Waals surface area (Å²) < 4.78 is 37.5. The van der Waals surface area contributed by atoms with E-state index in [2.05, 4.69) is 5.10 Å². The van der Waals surface area contributed by atoms with Crippen LogP contribution in [-0.4, -0.2) is 24.5 Å². The molecule has 96 valence electrons. The Kier molecular flexibility index (Phi) is 3.18. The van der Waals surface area contributed by atoms with Gasteiger partial charge in [-0.3, -0.25) is 0 Å². The molecule has 1 aromatic carbocycles. The Balaban J connectivity index is 2.47. The lowest BCUT2D eigenvalue weighted by atomic mass is 10.2. The molecule has 2 rings (SSSR count). The van der Waals surface area contributed by atoms with Crippen LogP contribution < -0.4 is 5.73 Å². The minimum absolute atomic E-state index is 0.0461. The van der Waals surface area contributed by atoms with Crippen molar-refractivity contribution in [3.63, 3.8) is 0 Å². The first-order valence-corrected chi connectivity index (χ1v) is 7.04. The van der Waals surface area contributed by atoms with E-state index in [0.717, 1.165) is 6.26 Å². The number of benzene rings is 1. The van der Waals surface area contributed by atoms with Gasteiger partial charge in [0.1, 0.15) is 16.4 Å². The van der Waals surface area contributed by atoms with Crippen molar-refractivity contribution in [1.29, 1.82) is 0 Å². The van der Waals surface area contributed by atoms with Gasteiger partial charge in [-0.15, -0.1) is 0 Å². The smallest absolute Gasteiger partial charge is 0.178 e.